The van der Waals surface area contributed by atoms with Gasteiger partial charge >= 0.3 is 0 Å². The molecule has 0 saturated carbocycles. The van der Waals surface area contributed by atoms with E-state index >= 15 is 0 Å². The van der Waals surface area contributed by atoms with Crippen LogP contribution in [0.4, 0.5) is 10.1 Å². The summed E-state index contributed by atoms with van der Waals surface area (Å²) in [5.41, 5.74) is 2.64. The van der Waals surface area contributed by atoms with E-state index in [1.165, 1.54) is 35.2 Å². The van der Waals surface area contributed by atoms with Crippen molar-refractivity contribution in [3.8, 4) is 11.5 Å². The molecule has 0 bridgehead atoms. The van der Waals surface area contributed by atoms with Gasteiger partial charge in [-0.3, -0.25) is 13.9 Å². The molecule has 252 valence electrons. The Morgan fingerprint density at radius 1 is 0.875 bits per heavy atom. The smallest absolute Gasteiger partial charge is 0.264 e. The lowest BCUT2D eigenvalue weighted by Crippen LogP contribution is -2.53. The van der Waals surface area contributed by atoms with Gasteiger partial charge in [-0.1, -0.05) is 68.4 Å². The molecule has 4 aromatic carbocycles. The molecular formula is C37H40FN3O6S. The summed E-state index contributed by atoms with van der Waals surface area (Å²) < 4.78 is 54.9. The monoisotopic (exact) mass is 673 g/mol. The van der Waals surface area contributed by atoms with Crippen molar-refractivity contribution in [1.82, 2.24) is 10.2 Å². The Morgan fingerprint density at radius 3 is 2.23 bits per heavy atom. The minimum Gasteiger partial charge on any atom is -0.486 e. The molecule has 1 atom stereocenters. The first-order chi connectivity index (χ1) is 23.0. The van der Waals surface area contributed by atoms with E-state index in [2.05, 4.69) is 5.32 Å². The van der Waals surface area contributed by atoms with Crippen LogP contribution in [0.25, 0.3) is 0 Å². The van der Waals surface area contributed by atoms with Crippen LogP contribution in [0.2, 0.25) is 0 Å². The number of ether oxygens (including phenoxy) is 2. The molecule has 1 aliphatic rings. The van der Waals surface area contributed by atoms with Gasteiger partial charge in [0.15, 0.2) is 11.5 Å². The first-order valence-electron chi connectivity index (χ1n) is 15.9. The molecule has 5 rings (SSSR count). The largest absolute Gasteiger partial charge is 0.486 e. The summed E-state index contributed by atoms with van der Waals surface area (Å²) in [6.45, 7) is 6.26. The van der Waals surface area contributed by atoms with Gasteiger partial charge in [-0.2, -0.15) is 0 Å². The molecule has 48 heavy (non-hydrogen) atoms. The molecular weight excluding hydrogens is 633 g/mol. The van der Waals surface area contributed by atoms with Crippen LogP contribution in [0.3, 0.4) is 0 Å². The fourth-order valence-corrected chi connectivity index (χ4v) is 6.83. The Balaban J connectivity index is 1.57. The number of carbonyl (C=O) groups excluding carboxylic acids is 2. The minimum absolute atomic E-state index is 0.0550. The highest BCUT2D eigenvalue weighted by molar-refractivity contribution is 7.92. The molecule has 1 aliphatic heterocycles. The SMILES string of the molecule is Cc1ccccc1CN(C(=O)CN(c1ccc(F)cc1)S(=O)(=O)c1ccc2c(c1)OCCO2)[C@H](Cc1ccccc1)C(=O)NCC(C)C. The number of carbonyl (C=O) groups is 2. The molecule has 1 N–H and O–H groups in total. The summed E-state index contributed by atoms with van der Waals surface area (Å²) in [7, 11) is -4.41. The number of hydrogen-bond acceptors (Lipinski definition) is 6. The summed E-state index contributed by atoms with van der Waals surface area (Å²) in [4.78, 5) is 29.8. The second kappa shape index (κ2) is 15.3. The Morgan fingerprint density at radius 2 is 1.54 bits per heavy atom. The predicted molar refractivity (Wildman–Crippen MR) is 182 cm³/mol. The molecule has 1 heterocycles. The van der Waals surface area contributed by atoms with E-state index in [1.807, 2.05) is 75.4 Å². The third-order valence-corrected chi connectivity index (χ3v) is 9.82. The molecule has 4 aromatic rings. The van der Waals surface area contributed by atoms with Crippen LogP contribution in [0.5, 0.6) is 11.5 Å². The normalized spacial score (nSPS) is 13.1. The average Bonchev–Trinajstić information content (AvgIpc) is 3.09. The molecule has 0 spiro atoms. The molecule has 0 saturated heterocycles. The standard InChI is InChI=1S/C37H40FN3O6S/c1-26(2)23-39-37(43)33(21-28-10-5-4-6-11-28)40(24-29-12-8-7-9-27(29)3)36(42)25-41(31-15-13-30(38)14-16-31)48(44,45)32-17-18-34-35(22-32)47-20-19-46-34/h4-18,22,26,33H,19-21,23-25H2,1-3H3,(H,39,43)/t33-/m1/s1. The number of sulfonamides is 1. The highest BCUT2D eigenvalue weighted by atomic mass is 32.2. The number of anilines is 1. The summed E-state index contributed by atoms with van der Waals surface area (Å²) in [5.74, 6) is -0.685. The van der Waals surface area contributed by atoms with E-state index in [9.17, 15) is 22.4 Å². The number of rotatable bonds is 13. The number of fused-ring (bicyclic) bond motifs is 1. The highest BCUT2D eigenvalue weighted by Gasteiger charge is 2.35. The Kier molecular flexibility index (Phi) is 11.0. The van der Waals surface area contributed by atoms with Crippen molar-refractivity contribution in [3.63, 3.8) is 0 Å². The van der Waals surface area contributed by atoms with Gasteiger partial charge in [0.2, 0.25) is 11.8 Å². The number of amides is 2. The van der Waals surface area contributed by atoms with Crippen LogP contribution < -0.4 is 19.1 Å². The maximum absolute atomic E-state index is 14.6. The molecule has 0 fully saturated rings. The molecule has 9 nitrogen and oxygen atoms in total. The lowest BCUT2D eigenvalue weighted by molar-refractivity contribution is -0.140. The molecule has 11 heteroatoms. The van der Waals surface area contributed by atoms with Gasteiger partial charge in [-0.15, -0.1) is 0 Å². The van der Waals surface area contributed by atoms with Crippen molar-refractivity contribution in [2.75, 3.05) is 30.6 Å². The lowest BCUT2D eigenvalue weighted by atomic mass is 10.0. The van der Waals surface area contributed by atoms with E-state index < -0.39 is 34.3 Å². The fourth-order valence-electron chi connectivity index (χ4n) is 5.39. The predicted octanol–water partition coefficient (Wildman–Crippen LogP) is 5.51. The highest BCUT2D eigenvalue weighted by Crippen LogP contribution is 2.34. The van der Waals surface area contributed by atoms with Crippen LogP contribution in [0.1, 0.15) is 30.5 Å². The summed E-state index contributed by atoms with van der Waals surface area (Å²) >= 11 is 0. The molecule has 0 radical (unpaired) electrons. The van der Waals surface area contributed by atoms with Gasteiger partial charge < -0.3 is 19.7 Å². The quantitative estimate of drug-likeness (QED) is 0.201. The van der Waals surface area contributed by atoms with Gasteiger partial charge in [0.25, 0.3) is 10.0 Å². The van der Waals surface area contributed by atoms with E-state index in [0.29, 0.717) is 18.9 Å². The van der Waals surface area contributed by atoms with Gasteiger partial charge in [-0.05, 0) is 65.9 Å². The van der Waals surface area contributed by atoms with Gasteiger partial charge in [0, 0.05) is 25.6 Å². The Bertz CT molecular complexity index is 1830. The van der Waals surface area contributed by atoms with Crippen molar-refractivity contribution in [3.05, 3.63) is 120 Å². The van der Waals surface area contributed by atoms with Crippen molar-refractivity contribution >= 4 is 27.5 Å². The number of nitrogens with zero attached hydrogens (tertiary/aromatic N) is 2. The number of nitrogens with one attached hydrogen (secondary N) is 1. The van der Waals surface area contributed by atoms with Gasteiger partial charge in [0.05, 0.1) is 10.6 Å². The zero-order valence-electron chi connectivity index (χ0n) is 27.3. The minimum atomic E-state index is -4.41. The van der Waals surface area contributed by atoms with Crippen molar-refractivity contribution in [2.45, 2.75) is 44.7 Å². The van der Waals surface area contributed by atoms with Crippen molar-refractivity contribution in [1.29, 1.82) is 0 Å². The van der Waals surface area contributed by atoms with Crippen LogP contribution in [-0.4, -0.2) is 57.5 Å². The molecule has 2 amide bonds. The van der Waals surface area contributed by atoms with Crippen molar-refractivity contribution in [2.24, 2.45) is 5.92 Å². The number of aryl methyl sites for hydroxylation is 1. The maximum atomic E-state index is 14.6. The first kappa shape index (κ1) is 34.4. The first-order valence-corrected chi connectivity index (χ1v) is 17.3. The van der Waals surface area contributed by atoms with Gasteiger partial charge in [0.1, 0.15) is 31.6 Å². The van der Waals surface area contributed by atoms with E-state index in [4.69, 9.17) is 9.47 Å². The molecule has 0 aromatic heterocycles. The topological polar surface area (TPSA) is 105 Å². The zero-order chi connectivity index (χ0) is 34.3. The fraction of sp³-hybridized carbons (Fsp3) is 0.297. The number of benzene rings is 4. The number of halogens is 1. The zero-order valence-corrected chi connectivity index (χ0v) is 28.1. The summed E-state index contributed by atoms with van der Waals surface area (Å²) in [6, 6.07) is 25.1. The second-order valence-corrected chi connectivity index (χ2v) is 13.9. The summed E-state index contributed by atoms with van der Waals surface area (Å²) in [6.07, 6.45) is 0.202. The van der Waals surface area contributed by atoms with E-state index in [1.54, 1.807) is 0 Å². The molecule has 0 aliphatic carbocycles. The third-order valence-electron chi connectivity index (χ3n) is 8.05. The van der Waals surface area contributed by atoms with Crippen LogP contribution >= 0.6 is 0 Å². The third kappa shape index (κ3) is 8.32. The van der Waals surface area contributed by atoms with Crippen LogP contribution in [0.15, 0.2) is 102 Å². The van der Waals surface area contributed by atoms with E-state index in [-0.39, 0.29) is 47.7 Å². The Labute approximate surface area is 281 Å². The Hall–Kier alpha value is -4.90. The van der Waals surface area contributed by atoms with E-state index in [0.717, 1.165) is 33.1 Å². The maximum Gasteiger partial charge on any atom is 0.264 e. The number of hydrogen-bond donors (Lipinski definition) is 1. The average molecular weight is 674 g/mol. The van der Waals surface area contributed by atoms with Gasteiger partial charge in [-0.25, -0.2) is 12.8 Å². The summed E-state index contributed by atoms with van der Waals surface area (Å²) in [5, 5.41) is 2.98. The van der Waals surface area contributed by atoms with Crippen molar-refractivity contribution < 1.29 is 31.9 Å². The second-order valence-electron chi connectivity index (χ2n) is 12.1. The van der Waals surface area contributed by atoms with Crippen LogP contribution in [0, 0.1) is 18.7 Å². The van der Waals surface area contributed by atoms with Crippen LogP contribution in [-0.2, 0) is 32.6 Å². The lowest BCUT2D eigenvalue weighted by Gasteiger charge is -2.34. The molecule has 0 unspecified atom stereocenters.